The third-order valence-corrected chi connectivity index (χ3v) is 3.53. The molecule has 0 heterocycles. The molecule has 0 aliphatic rings. The lowest BCUT2D eigenvalue weighted by molar-refractivity contribution is 0.400. The van der Waals surface area contributed by atoms with Gasteiger partial charge < -0.3 is 10.2 Å². The Hall–Kier alpha value is -0.130. The van der Waals surface area contributed by atoms with Gasteiger partial charge in [-0.3, -0.25) is 0 Å². The highest BCUT2D eigenvalue weighted by molar-refractivity contribution is 7.91. The molecule has 13 heavy (non-hydrogen) atoms. The van der Waals surface area contributed by atoms with Crippen LogP contribution in [0.1, 0.15) is 6.92 Å². The standard InChI is InChI=1S/C8H20N2O2S/c1-8(13(4,11)12)7-9-5-6-10(2)3/h8-9H,5-7H2,1-4H3. The van der Waals surface area contributed by atoms with Crippen molar-refractivity contribution in [1.82, 2.24) is 10.2 Å². The molecular weight excluding hydrogens is 188 g/mol. The minimum atomic E-state index is -2.88. The van der Waals surface area contributed by atoms with Crippen molar-refractivity contribution in [3.8, 4) is 0 Å². The van der Waals surface area contributed by atoms with E-state index in [1.54, 1.807) is 6.92 Å². The summed E-state index contributed by atoms with van der Waals surface area (Å²) in [6, 6.07) is 0. The minimum Gasteiger partial charge on any atom is -0.314 e. The van der Waals surface area contributed by atoms with Crippen LogP contribution in [0.5, 0.6) is 0 Å². The maximum absolute atomic E-state index is 11.0. The van der Waals surface area contributed by atoms with Crippen molar-refractivity contribution in [1.29, 1.82) is 0 Å². The molecule has 0 rings (SSSR count). The molecule has 4 nitrogen and oxygen atoms in total. The lowest BCUT2D eigenvalue weighted by Gasteiger charge is -2.13. The molecule has 0 aliphatic heterocycles. The van der Waals surface area contributed by atoms with Crippen LogP contribution >= 0.6 is 0 Å². The van der Waals surface area contributed by atoms with Gasteiger partial charge in [0.25, 0.3) is 0 Å². The van der Waals surface area contributed by atoms with Crippen LogP contribution in [0.2, 0.25) is 0 Å². The number of likely N-dealkylation sites (N-methyl/N-ethyl adjacent to an activating group) is 1. The summed E-state index contributed by atoms with van der Waals surface area (Å²) in [5, 5.41) is 2.81. The van der Waals surface area contributed by atoms with Gasteiger partial charge in [0, 0.05) is 25.9 Å². The van der Waals surface area contributed by atoms with Gasteiger partial charge in [-0.25, -0.2) is 8.42 Å². The Morgan fingerprint density at radius 1 is 1.38 bits per heavy atom. The highest BCUT2D eigenvalue weighted by Crippen LogP contribution is 1.94. The zero-order chi connectivity index (χ0) is 10.5. The van der Waals surface area contributed by atoms with E-state index in [0.717, 1.165) is 13.1 Å². The molecule has 0 bridgehead atoms. The van der Waals surface area contributed by atoms with Gasteiger partial charge in [0.05, 0.1) is 5.25 Å². The molecule has 0 aromatic carbocycles. The van der Waals surface area contributed by atoms with Gasteiger partial charge in [-0.15, -0.1) is 0 Å². The number of sulfone groups is 1. The molecular formula is C8H20N2O2S. The van der Waals surface area contributed by atoms with Gasteiger partial charge in [0.15, 0.2) is 9.84 Å². The predicted molar refractivity (Wildman–Crippen MR) is 55.7 cm³/mol. The lowest BCUT2D eigenvalue weighted by atomic mass is 10.4. The van der Waals surface area contributed by atoms with Crippen LogP contribution in [-0.2, 0) is 9.84 Å². The summed E-state index contributed by atoms with van der Waals surface area (Å²) in [5.74, 6) is 0. The highest BCUT2D eigenvalue weighted by Gasteiger charge is 2.13. The quantitative estimate of drug-likeness (QED) is 0.602. The maximum atomic E-state index is 11.0. The predicted octanol–water partition coefficient (Wildman–Crippen LogP) is -0.429. The van der Waals surface area contributed by atoms with Crippen LogP contribution in [0.4, 0.5) is 0 Å². The third kappa shape index (κ3) is 6.98. The van der Waals surface area contributed by atoms with Crippen molar-refractivity contribution < 1.29 is 8.42 Å². The first-order valence-electron chi connectivity index (χ1n) is 4.38. The van der Waals surface area contributed by atoms with Gasteiger partial charge in [0.1, 0.15) is 0 Å². The molecule has 0 aliphatic carbocycles. The van der Waals surface area contributed by atoms with Crippen LogP contribution in [0.15, 0.2) is 0 Å². The number of hydrogen-bond acceptors (Lipinski definition) is 4. The molecule has 80 valence electrons. The second-order valence-corrected chi connectivity index (χ2v) is 6.11. The maximum Gasteiger partial charge on any atom is 0.151 e. The number of nitrogens with zero attached hydrogens (tertiary/aromatic N) is 1. The van der Waals surface area contributed by atoms with E-state index < -0.39 is 9.84 Å². The Morgan fingerprint density at radius 2 is 1.92 bits per heavy atom. The largest absolute Gasteiger partial charge is 0.314 e. The summed E-state index contributed by atoms with van der Waals surface area (Å²) in [6.45, 7) is 4.01. The summed E-state index contributed by atoms with van der Waals surface area (Å²) < 4.78 is 22.0. The van der Waals surface area contributed by atoms with Gasteiger partial charge in [-0.05, 0) is 21.0 Å². The van der Waals surface area contributed by atoms with Crippen molar-refractivity contribution in [2.45, 2.75) is 12.2 Å². The molecule has 0 fully saturated rings. The first-order valence-corrected chi connectivity index (χ1v) is 6.34. The summed E-state index contributed by atoms with van der Waals surface area (Å²) in [7, 11) is 1.10. The van der Waals surface area contributed by atoms with Crippen LogP contribution in [-0.4, -0.2) is 58.6 Å². The molecule has 1 N–H and O–H groups in total. The molecule has 0 aromatic rings. The van der Waals surface area contributed by atoms with Crippen molar-refractivity contribution in [3.05, 3.63) is 0 Å². The van der Waals surface area contributed by atoms with Crippen LogP contribution in [0.3, 0.4) is 0 Å². The summed E-state index contributed by atoms with van der Waals surface area (Å²) in [5.41, 5.74) is 0. The van der Waals surface area contributed by atoms with Crippen LogP contribution < -0.4 is 5.32 Å². The highest BCUT2D eigenvalue weighted by atomic mass is 32.2. The van der Waals surface area contributed by atoms with Crippen LogP contribution in [0, 0.1) is 0 Å². The van der Waals surface area contributed by atoms with E-state index in [9.17, 15) is 8.42 Å². The van der Waals surface area contributed by atoms with E-state index in [-0.39, 0.29) is 5.25 Å². The molecule has 1 unspecified atom stereocenters. The average Bonchev–Trinajstić information content (AvgIpc) is 1.95. The van der Waals surface area contributed by atoms with Crippen molar-refractivity contribution in [2.24, 2.45) is 0 Å². The minimum absolute atomic E-state index is 0.297. The smallest absolute Gasteiger partial charge is 0.151 e. The normalized spacial score (nSPS) is 14.8. The van der Waals surface area contributed by atoms with Gasteiger partial charge in [0.2, 0.25) is 0 Å². The number of hydrogen-bond donors (Lipinski definition) is 1. The van der Waals surface area contributed by atoms with Crippen LogP contribution in [0.25, 0.3) is 0 Å². The zero-order valence-corrected chi connectivity index (χ0v) is 9.69. The summed E-state index contributed by atoms with van der Waals surface area (Å²) >= 11 is 0. The van der Waals surface area contributed by atoms with E-state index >= 15 is 0 Å². The second kappa shape index (κ2) is 5.57. The topological polar surface area (TPSA) is 49.4 Å². The fraction of sp³-hybridized carbons (Fsp3) is 1.00. The fourth-order valence-electron chi connectivity index (χ4n) is 0.759. The molecule has 0 spiro atoms. The van der Waals surface area contributed by atoms with Gasteiger partial charge in [-0.2, -0.15) is 0 Å². The van der Waals surface area contributed by atoms with Crippen molar-refractivity contribution in [2.75, 3.05) is 40.0 Å². The van der Waals surface area contributed by atoms with E-state index in [1.165, 1.54) is 6.26 Å². The first kappa shape index (κ1) is 12.9. The van der Waals surface area contributed by atoms with Gasteiger partial charge >= 0.3 is 0 Å². The zero-order valence-electron chi connectivity index (χ0n) is 8.87. The molecule has 0 amide bonds. The van der Waals surface area contributed by atoms with E-state index in [4.69, 9.17) is 0 Å². The molecule has 0 aromatic heterocycles. The van der Waals surface area contributed by atoms with Crippen molar-refractivity contribution >= 4 is 9.84 Å². The summed E-state index contributed by atoms with van der Waals surface area (Å²) in [6.07, 6.45) is 1.27. The molecule has 0 radical (unpaired) electrons. The van der Waals surface area contributed by atoms with E-state index in [2.05, 4.69) is 10.2 Å². The molecule has 1 atom stereocenters. The lowest BCUT2D eigenvalue weighted by Crippen LogP contribution is -2.34. The Balaban J connectivity index is 3.55. The molecule has 0 saturated carbocycles. The Kier molecular flexibility index (Phi) is 5.51. The Labute approximate surface area is 81.2 Å². The summed E-state index contributed by atoms with van der Waals surface area (Å²) in [4.78, 5) is 2.05. The SMILES string of the molecule is CC(CNCCN(C)C)S(C)(=O)=O. The third-order valence-electron chi connectivity index (χ3n) is 1.90. The Morgan fingerprint density at radius 3 is 2.31 bits per heavy atom. The molecule has 0 saturated heterocycles. The number of nitrogens with one attached hydrogen (secondary N) is 1. The van der Waals surface area contributed by atoms with Crippen molar-refractivity contribution in [3.63, 3.8) is 0 Å². The van der Waals surface area contributed by atoms with Gasteiger partial charge in [-0.1, -0.05) is 0 Å². The second-order valence-electron chi connectivity index (χ2n) is 3.65. The first-order chi connectivity index (χ1) is 5.84. The molecule has 5 heteroatoms. The Bertz CT molecular complexity index is 224. The van der Waals surface area contributed by atoms with E-state index in [0.29, 0.717) is 6.54 Å². The fourth-order valence-corrected chi connectivity index (χ4v) is 1.18. The number of rotatable bonds is 6. The van der Waals surface area contributed by atoms with E-state index in [1.807, 2.05) is 14.1 Å². The average molecular weight is 208 g/mol. The monoisotopic (exact) mass is 208 g/mol.